The van der Waals surface area contributed by atoms with Gasteiger partial charge in [-0.2, -0.15) is 0 Å². The van der Waals surface area contributed by atoms with Crippen LogP contribution in [0.15, 0.2) is 59.3 Å². The minimum absolute atomic E-state index is 0.577. The summed E-state index contributed by atoms with van der Waals surface area (Å²) in [5.74, 6) is 1.70. The van der Waals surface area contributed by atoms with Gasteiger partial charge in [-0.1, -0.05) is 0 Å². The van der Waals surface area contributed by atoms with Crippen LogP contribution in [0.25, 0.3) is 22.5 Å². The van der Waals surface area contributed by atoms with E-state index in [0.717, 1.165) is 46.9 Å². The van der Waals surface area contributed by atoms with Gasteiger partial charge in [0.05, 0.1) is 24.6 Å². The van der Waals surface area contributed by atoms with E-state index in [2.05, 4.69) is 9.97 Å². The van der Waals surface area contributed by atoms with E-state index in [4.69, 9.17) is 20.9 Å². The molecule has 154 valence electrons. The first-order valence-electron chi connectivity index (χ1n) is 9.56. The van der Waals surface area contributed by atoms with Crippen LogP contribution in [0, 0.1) is 0 Å². The average Bonchev–Trinajstić information content (AvgIpc) is 3.40. The van der Waals surface area contributed by atoms with Gasteiger partial charge in [-0.25, -0.2) is 9.97 Å². The lowest BCUT2D eigenvalue weighted by Crippen LogP contribution is -2.02. The van der Waals surface area contributed by atoms with E-state index < -0.39 is 0 Å². The van der Waals surface area contributed by atoms with Crippen molar-refractivity contribution in [3.8, 4) is 34.0 Å². The monoisotopic (exact) mass is 438 g/mol. The summed E-state index contributed by atoms with van der Waals surface area (Å²) in [6.07, 6.45) is 1.83. The largest absolute Gasteiger partial charge is 0.494 e. The predicted molar refractivity (Wildman–Crippen MR) is 124 cm³/mol. The number of aromatic nitrogens is 2. The Morgan fingerprint density at radius 2 is 1.03 bits per heavy atom. The Labute approximate surface area is 183 Å². The molecule has 6 nitrogen and oxygen atoms in total. The third-order valence-corrected chi connectivity index (χ3v) is 5.77. The molecule has 30 heavy (non-hydrogen) atoms. The van der Waals surface area contributed by atoms with Gasteiger partial charge < -0.3 is 20.9 Å². The molecule has 0 saturated carbocycles. The Morgan fingerprint density at radius 1 is 0.633 bits per heavy atom. The zero-order valence-corrected chi connectivity index (χ0v) is 17.9. The zero-order chi connectivity index (χ0) is 20.8. The smallest absolute Gasteiger partial charge is 0.180 e. The molecule has 0 saturated heterocycles. The molecule has 0 radical (unpaired) electrons. The summed E-state index contributed by atoms with van der Waals surface area (Å²) in [7, 11) is 0. The maximum absolute atomic E-state index is 5.81. The molecule has 2 heterocycles. The fourth-order valence-electron chi connectivity index (χ4n) is 2.87. The predicted octanol–water partition coefficient (Wildman–Crippen LogP) is 5.34. The van der Waals surface area contributed by atoms with Crippen LogP contribution in [0.2, 0.25) is 0 Å². The Kier molecular flexibility index (Phi) is 6.46. The second-order valence-electron chi connectivity index (χ2n) is 6.59. The topological polar surface area (TPSA) is 96.3 Å². The highest BCUT2D eigenvalue weighted by molar-refractivity contribution is 7.14. The van der Waals surface area contributed by atoms with Gasteiger partial charge in [-0.15, -0.1) is 22.7 Å². The van der Waals surface area contributed by atoms with Gasteiger partial charge in [0.25, 0.3) is 0 Å². The highest BCUT2D eigenvalue weighted by Gasteiger charge is 2.04. The molecule has 8 heteroatoms. The number of hydrogen-bond donors (Lipinski definition) is 2. The lowest BCUT2D eigenvalue weighted by Gasteiger charge is -2.08. The molecule has 2 aromatic heterocycles. The quantitative estimate of drug-likeness (QED) is 0.343. The van der Waals surface area contributed by atoms with Crippen molar-refractivity contribution in [1.29, 1.82) is 0 Å². The Morgan fingerprint density at radius 3 is 1.37 bits per heavy atom. The second kappa shape index (κ2) is 9.60. The molecule has 0 aliphatic heterocycles. The minimum Gasteiger partial charge on any atom is -0.494 e. The fraction of sp³-hybridized carbons (Fsp3) is 0.182. The number of unbranched alkanes of at least 4 members (excludes halogenated alkanes) is 1. The maximum atomic E-state index is 5.81. The number of nitrogens with two attached hydrogens (primary N) is 2. The van der Waals surface area contributed by atoms with Gasteiger partial charge in [-0.3, -0.25) is 0 Å². The molecule has 0 aliphatic carbocycles. The summed E-state index contributed by atoms with van der Waals surface area (Å²) in [5.41, 5.74) is 15.2. The summed E-state index contributed by atoms with van der Waals surface area (Å²) in [5, 5.41) is 5.06. The van der Waals surface area contributed by atoms with Crippen LogP contribution in [-0.4, -0.2) is 23.2 Å². The molecule has 4 N–H and O–H groups in total. The standard InChI is InChI=1S/C22H22N4O2S2/c23-21-25-19(13-29-21)15-3-7-17(8-4-15)27-11-1-2-12-28-18-9-5-16(6-10-18)20-14-30-22(24)26-20/h3-10,13-14H,1-2,11-12H2,(H2,23,25)(H2,24,26). The highest BCUT2D eigenvalue weighted by atomic mass is 32.1. The third kappa shape index (κ3) is 5.28. The number of thiazole rings is 2. The van der Waals surface area contributed by atoms with Gasteiger partial charge >= 0.3 is 0 Å². The first-order chi connectivity index (χ1) is 14.7. The molecule has 0 fully saturated rings. The number of nitrogen functional groups attached to an aromatic ring is 2. The van der Waals surface area contributed by atoms with Crippen LogP contribution in [-0.2, 0) is 0 Å². The van der Waals surface area contributed by atoms with Crippen LogP contribution in [0.1, 0.15) is 12.8 Å². The van der Waals surface area contributed by atoms with Crippen LogP contribution >= 0.6 is 22.7 Å². The van der Waals surface area contributed by atoms with Crippen molar-refractivity contribution in [1.82, 2.24) is 9.97 Å². The molecule has 4 aromatic rings. The van der Waals surface area contributed by atoms with Gasteiger partial charge in [0.1, 0.15) is 11.5 Å². The summed E-state index contributed by atoms with van der Waals surface area (Å²) in [6, 6.07) is 15.8. The Bertz CT molecular complexity index is 987. The lowest BCUT2D eigenvalue weighted by molar-refractivity contribution is 0.266. The molecule has 0 atom stereocenters. The summed E-state index contributed by atoms with van der Waals surface area (Å²) in [4.78, 5) is 8.57. The number of nitrogens with zero attached hydrogens (tertiary/aromatic N) is 2. The van der Waals surface area contributed by atoms with E-state index in [1.165, 1.54) is 22.7 Å². The van der Waals surface area contributed by atoms with E-state index in [9.17, 15) is 0 Å². The molecule has 0 unspecified atom stereocenters. The second-order valence-corrected chi connectivity index (χ2v) is 8.37. The molecular weight excluding hydrogens is 416 g/mol. The van der Waals surface area contributed by atoms with Crippen molar-refractivity contribution >= 4 is 32.9 Å². The third-order valence-electron chi connectivity index (χ3n) is 4.42. The van der Waals surface area contributed by atoms with Crippen molar-refractivity contribution in [2.45, 2.75) is 12.8 Å². The molecule has 0 spiro atoms. The van der Waals surface area contributed by atoms with Crippen molar-refractivity contribution in [3.63, 3.8) is 0 Å². The molecule has 0 aliphatic rings. The summed E-state index contributed by atoms with van der Waals surface area (Å²) < 4.78 is 11.6. The van der Waals surface area contributed by atoms with E-state index >= 15 is 0 Å². The van der Waals surface area contributed by atoms with Crippen LogP contribution in [0.5, 0.6) is 11.5 Å². The van der Waals surface area contributed by atoms with E-state index in [0.29, 0.717) is 23.5 Å². The minimum atomic E-state index is 0.577. The first kappa shape index (κ1) is 20.2. The maximum Gasteiger partial charge on any atom is 0.180 e. The first-order valence-corrected chi connectivity index (χ1v) is 11.3. The zero-order valence-electron chi connectivity index (χ0n) is 16.3. The number of anilines is 2. The SMILES string of the molecule is Nc1nc(-c2ccc(OCCCCOc3ccc(-c4csc(N)n4)cc3)cc2)cs1. The van der Waals surface area contributed by atoms with Crippen molar-refractivity contribution in [2.75, 3.05) is 24.7 Å². The number of benzene rings is 2. The van der Waals surface area contributed by atoms with E-state index in [1.54, 1.807) is 0 Å². The van der Waals surface area contributed by atoms with Crippen molar-refractivity contribution in [3.05, 3.63) is 59.3 Å². The number of hydrogen-bond acceptors (Lipinski definition) is 8. The lowest BCUT2D eigenvalue weighted by atomic mass is 10.2. The van der Waals surface area contributed by atoms with Crippen molar-refractivity contribution in [2.24, 2.45) is 0 Å². The van der Waals surface area contributed by atoms with Gasteiger partial charge in [0.15, 0.2) is 10.3 Å². The van der Waals surface area contributed by atoms with E-state index in [1.807, 2.05) is 59.3 Å². The van der Waals surface area contributed by atoms with Crippen LogP contribution < -0.4 is 20.9 Å². The van der Waals surface area contributed by atoms with Crippen LogP contribution in [0.3, 0.4) is 0 Å². The highest BCUT2D eigenvalue weighted by Crippen LogP contribution is 2.26. The molecule has 4 rings (SSSR count). The van der Waals surface area contributed by atoms with Gasteiger partial charge in [-0.05, 0) is 61.4 Å². The average molecular weight is 439 g/mol. The fourth-order valence-corrected chi connectivity index (χ4v) is 4.01. The normalized spacial score (nSPS) is 10.8. The number of rotatable bonds is 9. The van der Waals surface area contributed by atoms with Crippen molar-refractivity contribution < 1.29 is 9.47 Å². The molecule has 0 amide bonds. The van der Waals surface area contributed by atoms with Gasteiger partial charge in [0, 0.05) is 21.9 Å². The molecule has 0 bridgehead atoms. The summed E-state index contributed by atoms with van der Waals surface area (Å²) >= 11 is 2.88. The van der Waals surface area contributed by atoms with Gasteiger partial charge in [0.2, 0.25) is 0 Å². The van der Waals surface area contributed by atoms with Crippen LogP contribution in [0.4, 0.5) is 10.3 Å². The summed E-state index contributed by atoms with van der Waals surface area (Å²) in [6.45, 7) is 1.30. The molecule has 2 aromatic carbocycles. The number of ether oxygens (including phenoxy) is 2. The molecular formula is C22H22N4O2S2. The Balaban J connectivity index is 1.15. The Hall–Kier alpha value is -3.10. The van der Waals surface area contributed by atoms with E-state index in [-0.39, 0.29) is 0 Å².